The Morgan fingerprint density at radius 3 is 2.67 bits per heavy atom. The molecule has 4 nitrogen and oxygen atoms in total. The molecule has 148 valence electrons. The Hall–Kier alpha value is -1.88. The molecule has 0 radical (unpaired) electrons. The number of rotatable bonds is 13. The largest absolute Gasteiger partial charge is 0.389 e. The van der Waals surface area contributed by atoms with Crippen molar-refractivity contribution in [3.8, 4) is 0 Å². The summed E-state index contributed by atoms with van der Waals surface area (Å²) in [5, 5.41) is 10.3. The monoisotopic (exact) mass is 370 g/mol. The quantitative estimate of drug-likeness (QED) is 0.429. The van der Waals surface area contributed by atoms with Gasteiger partial charge in [-0.25, -0.2) is 0 Å². The van der Waals surface area contributed by atoms with Crippen LogP contribution >= 0.6 is 0 Å². The molecule has 1 unspecified atom stereocenters. The molecule has 1 aromatic carbocycles. The van der Waals surface area contributed by atoms with Crippen molar-refractivity contribution in [3.63, 3.8) is 0 Å². The summed E-state index contributed by atoms with van der Waals surface area (Å²) in [6.45, 7) is 12.2. The highest BCUT2D eigenvalue weighted by Gasteiger charge is 2.15. The zero-order valence-electron chi connectivity index (χ0n) is 16.8. The van der Waals surface area contributed by atoms with E-state index >= 15 is 0 Å². The number of hydrogen-bond donors (Lipinski definition) is 1. The van der Waals surface area contributed by atoms with Crippen LogP contribution in [0.15, 0.2) is 61.3 Å². The van der Waals surface area contributed by atoms with Gasteiger partial charge in [0.05, 0.1) is 19.3 Å². The van der Waals surface area contributed by atoms with Crippen LogP contribution in [0.25, 0.3) is 0 Å². The smallest absolute Gasteiger partial charge is 0.0900 e. The van der Waals surface area contributed by atoms with Crippen LogP contribution in [-0.4, -0.2) is 47.0 Å². The summed E-state index contributed by atoms with van der Waals surface area (Å²) >= 11 is 0. The number of ether oxygens (including phenoxy) is 1. The van der Waals surface area contributed by atoms with Crippen LogP contribution in [0.5, 0.6) is 0 Å². The molecule has 0 spiro atoms. The highest BCUT2D eigenvalue weighted by molar-refractivity contribution is 5.17. The molecule has 1 atom stereocenters. The van der Waals surface area contributed by atoms with Gasteiger partial charge in [-0.1, -0.05) is 50.3 Å². The van der Waals surface area contributed by atoms with Crippen molar-refractivity contribution < 1.29 is 9.84 Å². The van der Waals surface area contributed by atoms with E-state index in [0.717, 1.165) is 26.1 Å². The maximum atomic E-state index is 10.3. The van der Waals surface area contributed by atoms with Gasteiger partial charge in [0.15, 0.2) is 0 Å². The van der Waals surface area contributed by atoms with Gasteiger partial charge in [0.25, 0.3) is 0 Å². The molecular weight excluding hydrogens is 336 g/mol. The lowest BCUT2D eigenvalue weighted by atomic mass is 10.1. The zero-order valence-corrected chi connectivity index (χ0v) is 16.8. The number of hydrogen-bond acceptors (Lipinski definition) is 3. The third-order valence-corrected chi connectivity index (χ3v) is 4.54. The summed E-state index contributed by atoms with van der Waals surface area (Å²) in [5.74, 6) is 0.637. The van der Waals surface area contributed by atoms with Gasteiger partial charge in [0.1, 0.15) is 0 Å². The summed E-state index contributed by atoms with van der Waals surface area (Å²) in [4.78, 5) is 2.33. The molecule has 0 saturated carbocycles. The van der Waals surface area contributed by atoms with Crippen molar-refractivity contribution in [2.45, 2.75) is 39.5 Å². The van der Waals surface area contributed by atoms with Crippen LogP contribution in [-0.2, 0) is 17.8 Å². The van der Waals surface area contributed by atoms with E-state index in [1.807, 2.05) is 6.07 Å². The third kappa shape index (κ3) is 8.12. The maximum Gasteiger partial charge on any atom is 0.0900 e. The Morgan fingerprint density at radius 1 is 1.19 bits per heavy atom. The Balaban J connectivity index is 1.99. The van der Waals surface area contributed by atoms with Gasteiger partial charge in [0.2, 0.25) is 0 Å². The molecule has 1 aromatic heterocycles. The summed E-state index contributed by atoms with van der Waals surface area (Å²) < 4.78 is 7.70. The lowest BCUT2D eigenvalue weighted by Gasteiger charge is -2.26. The Labute approximate surface area is 164 Å². The number of benzene rings is 1. The lowest BCUT2D eigenvalue weighted by molar-refractivity contribution is 0.0233. The molecule has 0 bridgehead atoms. The third-order valence-electron chi connectivity index (χ3n) is 4.54. The second-order valence-corrected chi connectivity index (χ2v) is 7.51. The van der Waals surface area contributed by atoms with Crippen molar-refractivity contribution in [1.82, 2.24) is 9.47 Å². The van der Waals surface area contributed by atoms with Gasteiger partial charge in [-0.15, -0.1) is 6.58 Å². The zero-order chi connectivity index (χ0) is 19.5. The van der Waals surface area contributed by atoms with E-state index in [0.29, 0.717) is 25.7 Å². The van der Waals surface area contributed by atoms with E-state index in [1.165, 1.54) is 11.3 Å². The van der Waals surface area contributed by atoms with Crippen LogP contribution in [0.4, 0.5) is 0 Å². The first kappa shape index (κ1) is 21.4. The van der Waals surface area contributed by atoms with Crippen LogP contribution in [0.1, 0.15) is 31.5 Å². The predicted molar refractivity (Wildman–Crippen MR) is 112 cm³/mol. The first-order valence-electron chi connectivity index (χ1n) is 9.85. The highest BCUT2D eigenvalue weighted by atomic mass is 16.5. The molecule has 0 saturated heterocycles. The molecule has 1 heterocycles. The molecule has 0 aliphatic carbocycles. The normalized spacial score (nSPS) is 12.6. The topological polar surface area (TPSA) is 37.6 Å². The van der Waals surface area contributed by atoms with Gasteiger partial charge in [-0.3, -0.25) is 4.90 Å². The minimum Gasteiger partial charge on any atom is -0.389 e. The van der Waals surface area contributed by atoms with Crippen molar-refractivity contribution in [2.75, 3.05) is 26.3 Å². The summed E-state index contributed by atoms with van der Waals surface area (Å²) in [6, 6.07) is 14.8. The molecule has 0 aliphatic heterocycles. The van der Waals surface area contributed by atoms with E-state index in [-0.39, 0.29) is 0 Å². The molecule has 4 heteroatoms. The molecule has 0 fully saturated rings. The molecule has 2 aromatic rings. The minimum atomic E-state index is -0.491. The maximum absolute atomic E-state index is 10.3. The lowest BCUT2D eigenvalue weighted by Crippen LogP contribution is -2.36. The average molecular weight is 371 g/mol. The minimum absolute atomic E-state index is 0.342. The summed E-state index contributed by atoms with van der Waals surface area (Å²) in [5.41, 5.74) is 2.56. The molecule has 1 N–H and O–H groups in total. The van der Waals surface area contributed by atoms with E-state index in [9.17, 15) is 5.11 Å². The number of nitrogens with zero attached hydrogens (tertiary/aromatic N) is 2. The fourth-order valence-electron chi connectivity index (χ4n) is 3.07. The molecule has 0 amide bonds. The van der Waals surface area contributed by atoms with E-state index in [4.69, 9.17) is 4.74 Å². The fraction of sp³-hybridized carbons (Fsp3) is 0.478. The first-order valence-corrected chi connectivity index (χ1v) is 9.85. The van der Waals surface area contributed by atoms with Crippen LogP contribution in [0.2, 0.25) is 0 Å². The van der Waals surface area contributed by atoms with Crippen LogP contribution < -0.4 is 0 Å². The number of aliphatic hydroxyl groups is 1. The SMILES string of the molecule is C=CCOCC(O)CN(CCC(C)C)Cc1cccn1Cc1ccccc1. The Bertz CT molecular complexity index is 651. The standard InChI is InChI=1S/C23H34N2O2/c1-4-15-27-19-23(26)18-24(14-12-20(2)3)17-22-11-8-13-25(22)16-21-9-6-5-7-10-21/h4-11,13,20,23,26H,1,12,14-19H2,2-3H3. The van der Waals surface area contributed by atoms with Gasteiger partial charge < -0.3 is 14.4 Å². The molecule has 2 rings (SSSR count). The Morgan fingerprint density at radius 2 is 1.96 bits per heavy atom. The Kier molecular flexibility index (Phi) is 9.32. The van der Waals surface area contributed by atoms with Crippen molar-refractivity contribution in [3.05, 3.63) is 72.6 Å². The van der Waals surface area contributed by atoms with Gasteiger partial charge in [0, 0.05) is 31.5 Å². The van der Waals surface area contributed by atoms with Gasteiger partial charge in [-0.2, -0.15) is 0 Å². The van der Waals surface area contributed by atoms with E-state index in [1.54, 1.807) is 6.08 Å². The first-order chi connectivity index (χ1) is 13.1. The highest BCUT2D eigenvalue weighted by Crippen LogP contribution is 2.13. The average Bonchev–Trinajstić information content (AvgIpc) is 3.07. The fourth-order valence-corrected chi connectivity index (χ4v) is 3.07. The van der Waals surface area contributed by atoms with Crippen molar-refractivity contribution in [2.24, 2.45) is 5.92 Å². The number of aromatic nitrogens is 1. The van der Waals surface area contributed by atoms with Crippen LogP contribution in [0, 0.1) is 5.92 Å². The predicted octanol–water partition coefficient (Wildman–Crippen LogP) is 3.95. The van der Waals surface area contributed by atoms with Gasteiger partial charge >= 0.3 is 0 Å². The van der Waals surface area contributed by atoms with Crippen molar-refractivity contribution in [1.29, 1.82) is 0 Å². The second kappa shape index (κ2) is 11.8. The van der Waals surface area contributed by atoms with Crippen LogP contribution in [0.3, 0.4) is 0 Å². The van der Waals surface area contributed by atoms with Gasteiger partial charge in [-0.05, 0) is 36.6 Å². The molecule has 27 heavy (non-hydrogen) atoms. The second-order valence-electron chi connectivity index (χ2n) is 7.51. The summed E-state index contributed by atoms with van der Waals surface area (Å²) in [7, 11) is 0. The number of aliphatic hydroxyl groups excluding tert-OH is 1. The molecular formula is C23H34N2O2. The van der Waals surface area contributed by atoms with E-state index in [2.05, 4.69) is 72.5 Å². The van der Waals surface area contributed by atoms with E-state index < -0.39 is 6.10 Å². The van der Waals surface area contributed by atoms with Crippen molar-refractivity contribution >= 4 is 0 Å². The summed E-state index contributed by atoms with van der Waals surface area (Å²) in [6.07, 6.45) is 4.46. The molecule has 0 aliphatic rings.